The Bertz CT molecular complexity index is 344. The predicted octanol–water partition coefficient (Wildman–Crippen LogP) is 1.55. The molecule has 76 valence electrons. The summed E-state index contributed by atoms with van der Waals surface area (Å²) in [4.78, 5) is 8.86. The summed E-state index contributed by atoms with van der Waals surface area (Å²) in [7, 11) is 0. The first-order chi connectivity index (χ1) is 6.63. The Balaban J connectivity index is 2.49. The highest BCUT2D eigenvalue weighted by Gasteiger charge is 2.29. The van der Waals surface area contributed by atoms with Gasteiger partial charge in [0.2, 0.25) is 0 Å². The number of nitrogens with two attached hydrogens (primary N) is 1. The second kappa shape index (κ2) is 3.31. The highest BCUT2D eigenvalue weighted by Crippen LogP contribution is 2.30. The molecule has 0 aromatic carbocycles. The molecule has 1 aliphatic carbocycles. The lowest BCUT2D eigenvalue weighted by atomic mass is 9.83. The van der Waals surface area contributed by atoms with E-state index in [2.05, 4.69) is 23.8 Å². The number of hydrogen-bond acceptors (Lipinski definition) is 3. The maximum atomic E-state index is 6.22. The topological polar surface area (TPSA) is 51.8 Å². The summed E-state index contributed by atoms with van der Waals surface area (Å²) >= 11 is 0. The number of rotatable bonds is 1. The fourth-order valence-electron chi connectivity index (χ4n) is 2.06. The second-order valence-corrected chi connectivity index (χ2v) is 4.28. The summed E-state index contributed by atoms with van der Waals surface area (Å²) in [6.45, 7) is 4.13. The normalized spacial score (nSPS) is 25.9. The first-order valence-corrected chi connectivity index (χ1v) is 5.27. The van der Waals surface area contributed by atoms with Gasteiger partial charge in [0.05, 0.1) is 11.2 Å². The Labute approximate surface area is 84.8 Å². The van der Waals surface area contributed by atoms with Crippen LogP contribution in [0.5, 0.6) is 0 Å². The van der Waals surface area contributed by atoms with Crippen LogP contribution in [0.2, 0.25) is 0 Å². The van der Waals surface area contributed by atoms with Crippen LogP contribution < -0.4 is 5.73 Å². The third-order valence-corrected chi connectivity index (χ3v) is 2.91. The van der Waals surface area contributed by atoms with Gasteiger partial charge in [0.1, 0.15) is 5.82 Å². The van der Waals surface area contributed by atoms with Gasteiger partial charge in [-0.1, -0.05) is 6.92 Å². The zero-order valence-electron chi connectivity index (χ0n) is 8.88. The van der Waals surface area contributed by atoms with Gasteiger partial charge in [0.25, 0.3) is 0 Å². The molecule has 1 aliphatic rings. The van der Waals surface area contributed by atoms with Crippen molar-refractivity contribution in [2.75, 3.05) is 0 Å². The first kappa shape index (κ1) is 9.59. The van der Waals surface area contributed by atoms with E-state index in [1.54, 1.807) is 0 Å². The summed E-state index contributed by atoms with van der Waals surface area (Å²) < 4.78 is 0. The molecule has 0 radical (unpaired) electrons. The van der Waals surface area contributed by atoms with Crippen molar-refractivity contribution in [1.82, 2.24) is 9.97 Å². The van der Waals surface area contributed by atoms with Crippen molar-refractivity contribution in [2.45, 2.75) is 45.1 Å². The maximum Gasteiger partial charge on any atom is 0.128 e. The summed E-state index contributed by atoms with van der Waals surface area (Å²) in [5.41, 5.74) is 8.27. The molecular weight excluding hydrogens is 174 g/mol. The molecule has 0 aliphatic heterocycles. The Hall–Kier alpha value is -0.960. The van der Waals surface area contributed by atoms with Crippen molar-refractivity contribution in [2.24, 2.45) is 5.73 Å². The molecule has 3 nitrogen and oxygen atoms in total. The Kier molecular flexibility index (Phi) is 2.27. The van der Waals surface area contributed by atoms with Crippen molar-refractivity contribution >= 4 is 0 Å². The van der Waals surface area contributed by atoms with E-state index in [1.807, 2.05) is 6.20 Å². The van der Waals surface area contributed by atoms with E-state index in [1.165, 1.54) is 5.56 Å². The van der Waals surface area contributed by atoms with Crippen LogP contribution in [-0.4, -0.2) is 9.97 Å². The van der Waals surface area contributed by atoms with Crippen LogP contribution in [0.4, 0.5) is 0 Å². The number of hydrogen-bond donors (Lipinski definition) is 1. The van der Waals surface area contributed by atoms with Crippen LogP contribution in [0.25, 0.3) is 0 Å². The molecule has 1 unspecified atom stereocenters. The maximum absolute atomic E-state index is 6.22. The van der Waals surface area contributed by atoms with E-state index in [0.717, 1.165) is 37.2 Å². The third-order valence-electron chi connectivity index (χ3n) is 2.91. The molecular formula is C11H17N3. The number of nitrogens with zero attached hydrogens (tertiary/aromatic N) is 2. The summed E-state index contributed by atoms with van der Waals surface area (Å²) in [5.74, 6) is 0.905. The van der Waals surface area contributed by atoms with Crippen molar-refractivity contribution in [3.8, 4) is 0 Å². The standard InChI is InChI=1S/C11H17N3/c1-3-9-13-7-8-5-4-6-11(2,12)10(8)14-9/h7H,3-6,12H2,1-2H3. The zero-order valence-corrected chi connectivity index (χ0v) is 8.88. The molecule has 0 fully saturated rings. The van der Waals surface area contributed by atoms with Gasteiger partial charge in [0.15, 0.2) is 0 Å². The SMILES string of the molecule is CCc1ncc2c(n1)C(C)(N)CCC2. The molecule has 1 heterocycles. The molecule has 2 N–H and O–H groups in total. The van der Waals surface area contributed by atoms with E-state index in [9.17, 15) is 0 Å². The predicted molar refractivity (Wildman–Crippen MR) is 55.9 cm³/mol. The van der Waals surface area contributed by atoms with E-state index in [0.29, 0.717) is 0 Å². The Morgan fingerprint density at radius 2 is 2.36 bits per heavy atom. The number of aromatic nitrogens is 2. The van der Waals surface area contributed by atoms with Gasteiger partial charge in [-0.25, -0.2) is 9.97 Å². The fraction of sp³-hybridized carbons (Fsp3) is 0.636. The quantitative estimate of drug-likeness (QED) is 0.732. The summed E-state index contributed by atoms with van der Waals surface area (Å²) in [6.07, 6.45) is 6.08. The largest absolute Gasteiger partial charge is 0.320 e. The van der Waals surface area contributed by atoms with Crippen LogP contribution in [0.15, 0.2) is 6.20 Å². The molecule has 0 amide bonds. The van der Waals surface area contributed by atoms with Gasteiger partial charge in [-0.3, -0.25) is 0 Å². The summed E-state index contributed by atoms with van der Waals surface area (Å²) in [5, 5.41) is 0. The lowest BCUT2D eigenvalue weighted by Gasteiger charge is -2.30. The van der Waals surface area contributed by atoms with Gasteiger partial charge < -0.3 is 5.73 Å². The molecule has 1 atom stereocenters. The van der Waals surface area contributed by atoms with Gasteiger partial charge in [-0.2, -0.15) is 0 Å². The fourth-order valence-corrected chi connectivity index (χ4v) is 2.06. The minimum atomic E-state index is -0.250. The average molecular weight is 191 g/mol. The monoisotopic (exact) mass is 191 g/mol. The van der Waals surface area contributed by atoms with Crippen LogP contribution in [-0.2, 0) is 18.4 Å². The van der Waals surface area contributed by atoms with Crippen molar-refractivity contribution in [3.05, 3.63) is 23.3 Å². The lowest BCUT2D eigenvalue weighted by Crippen LogP contribution is -2.38. The van der Waals surface area contributed by atoms with Crippen molar-refractivity contribution in [3.63, 3.8) is 0 Å². The molecule has 0 saturated heterocycles. The first-order valence-electron chi connectivity index (χ1n) is 5.27. The molecule has 14 heavy (non-hydrogen) atoms. The molecule has 1 aromatic rings. The zero-order chi connectivity index (χ0) is 10.2. The van der Waals surface area contributed by atoms with E-state index in [-0.39, 0.29) is 5.54 Å². The van der Waals surface area contributed by atoms with Gasteiger partial charge in [-0.05, 0) is 31.7 Å². The van der Waals surface area contributed by atoms with Crippen LogP contribution >= 0.6 is 0 Å². The van der Waals surface area contributed by atoms with Crippen molar-refractivity contribution in [1.29, 1.82) is 0 Å². The molecule has 3 heteroatoms. The minimum Gasteiger partial charge on any atom is -0.320 e. The smallest absolute Gasteiger partial charge is 0.128 e. The Morgan fingerprint density at radius 1 is 1.57 bits per heavy atom. The van der Waals surface area contributed by atoms with Gasteiger partial charge in [0, 0.05) is 12.6 Å². The average Bonchev–Trinajstić information content (AvgIpc) is 2.17. The molecule has 2 rings (SSSR count). The van der Waals surface area contributed by atoms with Gasteiger partial charge >= 0.3 is 0 Å². The Morgan fingerprint density at radius 3 is 3.07 bits per heavy atom. The molecule has 1 aromatic heterocycles. The molecule has 0 saturated carbocycles. The third kappa shape index (κ3) is 1.52. The van der Waals surface area contributed by atoms with Crippen LogP contribution in [0, 0.1) is 0 Å². The number of aryl methyl sites for hydroxylation is 2. The van der Waals surface area contributed by atoms with E-state index in [4.69, 9.17) is 5.73 Å². The number of fused-ring (bicyclic) bond motifs is 1. The van der Waals surface area contributed by atoms with Gasteiger partial charge in [-0.15, -0.1) is 0 Å². The van der Waals surface area contributed by atoms with Crippen LogP contribution in [0.1, 0.15) is 43.8 Å². The van der Waals surface area contributed by atoms with E-state index >= 15 is 0 Å². The highest BCUT2D eigenvalue weighted by molar-refractivity contribution is 5.27. The molecule has 0 spiro atoms. The minimum absolute atomic E-state index is 0.250. The van der Waals surface area contributed by atoms with E-state index < -0.39 is 0 Å². The summed E-state index contributed by atoms with van der Waals surface area (Å²) in [6, 6.07) is 0. The second-order valence-electron chi connectivity index (χ2n) is 4.28. The van der Waals surface area contributed by atoms with Crippen molar-refractivity contribution < 1.29 is 0 Å². The van der Waals surface area contributed by atoms with Crippen LogP contribution in [0.3, 0.4) is 0 Å². The highest BCUT2D eigenvalue weighted by atomic mass is 14.9. The molecule has 0 bridgehead atoms. The lowest BCUT2D eigenvalue weighted by molar-refractivity contribution is 0.393.